The van der Waals surface area contributed by atoms with Crippen LogP contribution in [0.2, 0.25) is 0 Å². The highest BCUT2D eigenvalue weighted by atomic mass is 32.1. The van der Waals surface area contributed by atoms with Gasteiger partial charge in [0.1, 0.15) is 5.82 Å². The van der Waals surface area contributed by atoms with Gasteiger partial charge in [-0.25, -0.2) is 9.78 Å². The fourth-order valence-corrected chi connectivity index (χ4v) is 2.37. The SMILES string of the molecule is CCOC(=O)c1ccsc1-c1ccnc(N)c1. The molecular weight excluding hydrogens is 236 g/mol. The highest BCUT2D eigenvalue weighted by Gasteiger charge is 2.15. The van der Waals surface area contributed by atoms with Crippen LogP contribution < -0.4 is 5.73 Å². The van der Waals surface area contributed by atoms with Gasteiger partial charge in [0.25, 0.3) is 0 Å². The Morgan fingerprint density at radius 2 is 2.35 bits per heavy atom. The molecule has 2 rings (SSSR count). The van der Waals surface area contributed by atoms with Crippen LogP contribution in [0.3, 0.4) is 0 Å². The fourth-order valence-electron chi connectivity index (χ4n) is 1.49. The molecule has 0 aliphatic heterocycles. The highest BCUT2D eigenvalue weighted by Crippen LogP contribution is 2.30. The van der Waals surface area contributed by atoms with Crippen LogP contribution in [0, 0.1) is 0 Å². The monoisotopic (exact) mass is 248 g/mol. The number of nitrogens with two attached hydrogens (primary N) is 1. The lowest BCUT2D eigenvalue weighted by Crippen LogP contribution is -2.04. The van der Waals surface area contributed by atoms with Crippen molar-refractivity contribution in [2.75, 3.05) is 12.3 Å². The molecule has 17 heavy (non-hydrogen) atoms. The summed E-state index contributed by atoms with van der Waals surface area (Å²) in [7, 11) is 0. The van der Waals surface area contributed by atoms with Crippen LogP contribution in [0.4, 0.5) is 5.82 Å². The summed E-state index contributed by atoms with van der Waals surface area (Å²) in [5.41, 5.74) is 7.08. The zero-order valence-corrected chi connectivity index (χ0v) is 10.2. The summed E-state index contributed by atoms with van der Waals surface area (Å²) in [5.74, 6) is 0.129. The molecule has 2 heterocycles. The molecule has 0 amide bonds. The van der Waals surface area contributed by atoms with Gasteiger partial charge >= 0.3 is 5.97 Å². The van der Waals surface area contributed by atoms with Crippen LogP contribution in [0.25, 0.3) is 10.4 Å². The standard InChI is InChI=1S/C12H12N2O2S/c1-2-16-12(15)9-4-6-17-11(9)8-3-5-14-10(13)7-8/h3-7H,2H2,1H3,(H2,13,14). The normalized spacial score (nSPS) is 10.2. The van der Waals surface area contributed by atoms with Crippen molar-refractivity contribution >= 4 is 23.1 Å². The van der Waals surface area contributed by atoms with Gasteiger partial charge in [-0.1, -0.05) is 0 Å². The molecule has 0 aromatic carbocycles. The lowest BCUT2D eigenvalue weighted by Gasteiger charge is -2.04. The predicted molar refractivity (Wildman–Crippen MR) is 67.9 cm³/mol. The number of thiophene rings is 1. The Labute approximate surface area is 103 Å². The number of aromatic nitrogens is 1. The van der Waals surface area contributed by atoms with E-state index in [1.165, 1.54) is 11.3 Å². The highest BCUT2D eigenvalue weighted by molar-refractivity contribution is 7.14. The molecule has 0 unspecified atom stereocenters. The summed E-state index contributed by atoms with van der Waals surface area (Å²) in [6.45, 7) is 2.15. The van der Waals surface area contributed by atoms with Gasteiger partial charge in [-0.15, -0.1) is 11.3 Å². The molecule has 0 spiro atoms. The van der Waals surface area contributed by atoms with E-state index in [2.05, 4.69) is 4.98 Å². The van der Waals surface area contributed by atoms with Crippen LogP contribution >= 0.6 is 11.3 Å². The topological polar surface area (TPSA) is 65.2 Å². The summed E-state index contributed by atoms with van der Waals surface area (Å²) in [5, 5.41) is 1.86. The van der Waals surface area contributed by atoms with Crippen molar-refractivity contribution in [1.82, 2.24) is 4.98 Å². The van der Waals surface area contributed by atoms with E-state index >= 15 is 0 Å². The van der Waals surface area contributed by atoms with Gasteiger partial charge in [0.05, 0.1) is 12.2 Å². The van der Waals surface area contributed by atoms with Crippen LogP contribution in [0.5, 0.6) is 0 Å². The van der Waals surface area contributed by atoms with E-state index in [9.17, 15) is 4.79 Å². The number of hydrogen-bond acceptors (Lipinski definition) is 5. The van der Waals surface area contributed by atoms with E-state index in [0.29, 0.717) is 18.0 Å². The molecule has 0 bridgehead atoms. The average Bonchev–Trinajstić information content (AvgIpc) is 2.78. The second-order valence-electron chi connectivity index (χ2n) is 3.35. The fraction of sp³-hybridized carbons (Fsp3) is 0.167. The van der Waals surface area contributed by atoms with Crippen LogP contribution in [-0.4, -0.2) is 17.6 Å². The van der Waals surface area contributed by atoms with Crippen molar-refractivity contribution in [2.45, 2.75) is 6.92 Å². The zero-order valence-electron chi connectivity index (χ0n) is 9.34. The van der Waals surface area contributed by atoms with Gasteiger partial charge in [0, 0.05) is 11.1 Å². The second kappa shape index (κ2) is 4.97. The van der Waals surface area contributed by atoms with Gasteiger partial charge in [-0.3, -0.25) is 0 Å². The Morgan fingerprint density at radius 1 is 1.53 bits per heavy atom. The minimum Gasteiger partial charge on any atom is -0.462 e. The van der Waals surface area contributed by atoms with Gasteiger partial charge in [0.2, 0.25) is 0 Å². The molecule has 0 radical (unpaired) electrons. The Bertz CT molecular complexity index is 537. The minimum atomic E-state index is -0.306. The van der Waals surface area contributed by atoms with Crippen molar-refractivity contribution in [3.05, 3.63) is 35.3 Å². The number of nitrogen functional groups attached to an aromatic ring is 1. The summed E-state index contributed by atoms with van der Waals surface area (Å²) in [6.07, 6.45) is 1.62. The minimum absolute atomic E-state index is 0.306. The maximum Gasteiger partial charge on any atom is 0.339 e. The molecule has 0 saturated carbocycles. The first-order valence-corrected chi connectivity index (χ1v) is 6.07. The Morgan fingerprint density at radius 3 is 3.06 bits per heavy atom. The van der Waals surface area contributed by atoms with E-state index in [1.807, 2.05) is 11.4 Å². The number of esters is 1. The van der Waals surface area contributed by atoms with Gasteiger partial charge in [-0.2, -0.15) is 0 Å². The molecule has 0 atom stereocenters. The number of anilines is 1. The van der Waals surface area contributed by atoms with Crippen molar-refractivity contribution in [3.63, 3.8) is 0 Å². The van der Waals surface area contributed by atoms with E-state index < -0.39 is 0 Å². The maximum absolute atomic E-state index is 11.7. The van der Waals surface area contributed by atoms with Gasteiger partial charge in [0.15, 0.2) is 0 Å². The summed E-state index contributed by atoms with van der Waals surface area (Å²) in [6, 6.07) is 5.33. The Balaban J connectivity index is 2.40. The number of carbonyl (C=O) groups is 1. The number of rotatable bonds is 3. The van der Waals surface area contributed by atoms with Gasteiger partial charge < -0.3 is 10.5 Å². The first kappa shape index (κ1) is 11.6. The van der Waals surface area contributed by atoms with Crippen molar-refractivity contribution in [2.24, 2.45) is 0 Å². The second-order valence-corrected chi connectivity index (χ2v) is 4.27. The van der Waals surface area contributed by atoms with Crippen molar-refractivity contribution < 1.29 is 9.53 Å². The Kier molecular flexibility index (Phi) is 3.39. The summed E-state index contributed by atoms with van der Waals surface area (Å²) >= 11 is 1.48. The third kappa shape index (κ3) is 2.45. The van der Waals surface area contributed by atoms with Crippen molar-refractivity contribution in [3.8, 4) is 10.4 Å². The van der Waals surface area contributed by atoms with E-state index in [4.69, 9.17) is 10.5 Å². The van der Waals surface area contributed by atoms with Crippen LogP contribution in [0.1, 0.15) is 17.3 Å². The molecule has 0 aliphatic rings. The Hall–Kier alpha value is -1.88. The van der Waals surface area contributed by atoms with Gasteiger partial charge in [-0.05, 0) is 36.1 Å². The number of nitrogens with zero attached hydrogens (tertiary/aromatic N) is 1. The van der Waals surface area contributed by atoms with Crippen LogP contribution in [-0.2, 0) is 4.74 Å². The molecule has 88 valence electrons. The lowest BCUT2D eigenvalue weighted by atomic mass is 10.1. The molecule has 2 N–H and O–H groups in total. The van der Waals surface area contributed by atoms with Crippen LogP contribution in [0.15, 0.2) is 29.8 Å². The molecule has 5 heteroatoms. The lowest BCUT2D eigenvalue weighted by molar-refractivity contribution is 0.0528. The first-order chi connectivity index (χ1) is 8.22. The maximum atomic E-state index is 11.7. The van der Waals surface area contributed by atoms with E-state index in [-0.39, 0.29) is 5.97 Å². The molecule has 2 aromatic rings. The molecule has 2 aromatic heterocycles. The van der Waals surface area contributed by atoms with E-state index in [1.54, 1.807) is 25.3 Å². The molecular formula is C12H12N2O2S. The molecule has 0 fully saturated rings. The number of ether oxygens (including phenoxy) is 1. The molecule has 0 saturated heterocycles. The predicted octanol–water partition coefficient (Wildman–Crippen LogP) is 2.57. The largest absolute Gasteiger partial charge is 0.462 e. The number of hydrogen-bond donors (Lipinski definition) is 1. The molecule has 0 aliphatic carbocycles. The number of carbonyl (C=O) groups excluding carboxylic acids is 1. The molecule has 4 nitrogen and oxygen atoms in total. The zero-order chi connectivity index (χ0) is 12.3. The summed E-state index contributed by atoms with van der Waals surface area (Å²) < 4.78 is 5.00. The number of pyridine rings is 1. The average molecular weight is 248 g/mol. The third-order valence-electron chi connectivity index (χ3n) is 2.20. The third-order valence-corrected chi connectivity index (χ3v) is 3.17. The summed E-state index contributed by atoms with van der Waals surface area (Å²) in [4.78, 5) is 16.5. The van der Waals surface area contributed by atoms with Crippen molar-refractivity contribution in [1.29, 1.82) is 0 Å². The quantitative estimate of drug-likeness (QED) is 0.848. The van der Waals surface area contributed by atoms with E-state index in [0.717, 1.165) is 10.4 Å². The first-order valence-electron chi connectivity index (χ1n) is 5.19. The smallest absolute Gasteiger partial charge is 0.339 e.